The summed E-state index contributed by atoms with van der Waals surface area (Å²) < 4.78 is 14.7. The largest absolute Gasteiger partial charge is 0.349 e. The summed E-state index contributed by atoms with van der Waals surface area (Å²) in [5, 5.41) is 12.3. The van der Waals surface area contributed by atoms with Gasteiger partial charge in [0, 0.05) is 28.8 Å². The Balaban J connectivity index is 1.68. The predicted molar refractivity (Wildman–Crippen MR) is 122 cm³/mol. The lowest BCUT2D eigenvalue weighted by Gasteiger charge is -2.12. The fourth-order valence-corrected chi connectivity index (χ4v) is 4.48. The van der Waals surface area contributed by atoms with Gasteiger partial charge in [0.15, 0.2) is 5.16 Å². The molecule has 158 valence electrons. The molecule has 0 bridgehead atoms. The van der Waals surface area contributed by atoms with E-state index in [-0.39, 0.29) is 17.1 Å². The number of benzene rings is 3. The van der Waals surface area contributed by atoms with Crippen molar-refractivity contribution in [2.45, 2.75) is 10.9 Å². The SMILES string of the molecule is O=c1c2[nH]c3ccccc3c2nc(SCc2ccc(F)cc2)n1-c1ccc([N+](=O)[O-])cc1. The number of hydrogen-bond donors (Lipinski definition) is 1. The van der Waals surface area contributed by atoms with E-state index in [1.165, 1.54) is 52.7 Å². The Labute approximate surface area is 184 Å². The average Bonchev–Trinajstić information content (AvgIpc) is 3.18. The van der Waals surface area contributed by atoms with Crippen LogP contribution in [0.2, 0.25) is 0 Å². The lowest BCUT2D eigenvalue weighted by molar-refractivity contribution is -0.384. The van der Waals surface area contributed by atoms with E-state index in [2.05, 4.69) is 4.98 Å². The number of hydrogen-bond acceptors (Lipinski definition) is 5. The van der Waals surface area contributed by atoms with Crippen molar-refractivity contribution in [1.82, 2.24) is 14.5 Å². The molecule has 5 aromatic rings. The lowest BCUT2D eigenvalue weighted by atomic mass is 10.2. The Morgan fingerprint density at radius 1 is 1.03 bits per heavy atom. The molecule has 0 aliphatic rings. The summed E-state index contributed by atoms with van der Waals surface area (Å²) >= 11 is 1.33. The summed E-state index contributed by atoms with van der Waals surface area (Å²) in [7, 11) is 0. The first kappa shape index (κ1) is 20.0. The minimum atomic E-state index is -0.490. The van der Waals surface area contributed by atoms with Crippen LogP contribution in [0, 0.1) is 15.9 Å². The third-order valence-electron chi connectivity index (χ3n) is 5.09. The molecule has 5 rings (SSSR count). The van der Waals surface area contributed by atoms with Crippen LogP contribution in [0.3, 0.4) is 0 Å². The van der Waals surface area contributed by atoms with E-state index in [1.54, 1.807) is 12.1 Å². The van der Waals surface area contributed by atoms with Gasteiger partial charge in [-0.2, -0.15) is 0 Å². The molecule has 9 heteroatoms. The molecule has 1 N–H and O–H groups in total. The van der Waals surface area contributed by atoms with Gasteiger partial charge in [-0.05, 0) is 35.9 Å². The summed E-state index contributed by atoms with van der Waals surface area (Å²) in [6.07, 6.45) is 0. The lowest BCUT2D eigenvalue weighted by Crippen LogP contribution is -2.21. The fraction of sp³-hybridized carbons (Fsp3) is 0.0435. The number of para-hydroxylation sites is 1. The van der Waals surface area contributed by atoms with Gasteiger partial charge < -0.3 is 4.98 Å². The van der Waals surface area contributed by atoms with Crippen molar-refractivity contribution in [3.8, 4) is 5.69 Å². The van der Waals surface area contributed by atoms with Crippen LogP contribution in [-0.2, 0) is 5.75 Å². The van der Waals surface area contributed by atoms with Crippen LogP contribution in [0.4, 0.5) is 10.1 Å². The van der Waals surface area contributed by atoms with E-state index in [0.717, 1.165) is 16.5 Å². The van der Waals surface area contributed by atoms with Crippen LogP contribution in [0.15, 0.2) is 82.7 Å². The zero-order valence-electron chi connectivity index (χ0n) is 16.5. The second-order valence-electron chi connectivity index (χ2n) is 7.12. The summed E-state index contributed by atoms with van der Waals surface area (Å²) in [4.78, 5) is 31.9. The molecular formula is C23H15FN4O3S. The molecule has 0 amide bonds. The molecule has 0 unspecified atom stereocenters. The van der Waals surface area contributed by atoms with Gasteiger partial charge in [-0.25, -0.2) is 9.37 Å². The molecule has 0 radical (unpaired) electrons. The normalized spacial score (nSPS) is 11.3. The van der Waals surface area contributed by atoms with Crippen LogP contribution in [0.1, 0.15) is 5.56 Å². The Kier molecular flexibility index (Phi) is 4.95. The van der Waals surface area contributed by atoms with Crippen LogP contribution >= 0.6 is 11.8 Å². The molecule has 3 aromatic carbocycles. The number of nitrogens with one attached hydrogen (secondary N) is 1. The number of nitrogens with zero attached hydrogens (tertiary/aromatic N) is 3. The standard InChI is InChI=1S/C23H15FN4O3S/c24-15-7-5-14(6-8-15)13-32-23-26-20-18-3-1-2-4-19(18)25-21(20)22(29)27(23)16-9-11-17(12-10-16)28(30)31/h1-12,25H,13H2. The maximum Gasteiger partial charge on any atom is 0.283 e. The first-order valence-corrected chi connectivity index (χ1v) is 10.7. The molecule has 0 spiro atoms. The number of nitro benzene ring substituents is 1. The number of non-ortho nitro benzene ring substituents is 1. The highest BCUT2D eigenvalue weighted by atomic mass is 32.2. The smallest absolute Gasteiger partial charge is 0.283 e. The van der Waals surface area contributed by atoms with E-state index in [0.29, 0.717) is 27.6 Å². The van der Waals surface area contributed by atoms with Crippen molar-refractivity contribution in [2.75, 3.05) is 0 Å². The van der Waals surface area contributed by atoms with Crippen LogP contribution < -0.4 is 5.56 Å². The first-order chi connectivity index (χ1) is 15.5. The molecule has 0 fully saturated rings. The van der Waals surface area contributed by atoms with Crippen LogP contribution in [-0.4, -0.2) is 19.5 Å². The van der Waals surface area contributed by atoms with Crippen molar-refractivity contribution >= 4 is 39.4 Å². The molecule has 0 saturated carbocycles. The van der Waals surface area contributed by atoms with Gasteiger partial charge in [-0.1, -0.05) is 42.1 Å². The second-order valence-corrected chi connectivity index (χ2v) is 8.06. The molecule has 2 heterocycles. The number of halogens is 1. The summed E-state index contributed by atoms with van der Waals surface area (Å²) in [6, 6.07) is 19.4. The number of thioether (sulfide) groups is 1. The van der Waals surface area contributed by atoms with Crippen molar-refractivity contribution in [3.05, 3.63) is 105 Å². The van der Waals surface area contributed by atoms with Crippen LogP contribution in [0.5, 0.6) is 0 Å². The van der Waals surface area contributed by atoms with Gasteiger partial charge in [0.05, 0.1) is 10.6 Å². The van der Waals surface area contributed by atoms with E-state index in [1.807, 2.05) is 24.3 Å². The Morgan fingerprint density at radius 2 is 1.75 bits per heavy atom. The van der Waals surface area contributed by atoms with Gasteiger partial charge in [0.25, 0.3) is 11.2 Å². The van der Waals surface area contributed by atoms with Crippen molar-refractivity contribution in [1.29, 1.82) is 0 Å². The Hall–Kier alpha value is -3.98. The quantitative estimate of drug-likeness (QED) is 0.173. The molecule has 2 aromatic heterocycles. The third kappa shape index (κ3) is 3.52. The van der Waals surface area contributed by atoms with Gasteiger partial charge in [0.1, 0.15) is 16.9 Å². The van der Waals surface area contributed by atoms with Crippen LogP contribution in [0.25, 0.3) is 27.6 Å². The molecule has 0 saturated heterocycles. The van der Waals surface area contributed by atoms with Gasteiger partial charge in [-0.15, -0.1) is 0 Å². The molecule has 32 heavy (non-hydrogen) atoms. The van der Waals surface area contributed by atoms with Crippen molar-refractivity contribution in [3.63, 3.8) is 0 Å². The highest BCUT2D eigenvalue weighted by Crippen LogP contribution is 2.28. The van der Waals surface area contributed by atoms with Gasteiger partial charge in [-0.3, -0.25) is 19.5 Å². The third-order valence-corrected chi connectivity index (χ3v) is 6.10. The zero-order valence-corrected chi connectivity index (χ0v) is 17.3. The average molecular weight is 446 g/mol. The van der Waals surface area contributed by atoms with E-state index >= 15 is 0 Å². The number of aromatic amines is 1. The highest BCUT2D eigenvalue weighted by molar-refractivity contribution is 7.98. The summed E-state index contributed by atoms with van der Waals surface area (Å²) in [5.41, 5.74) is 2.68. The second kappa shape index (κ2) is 7.93. The Bertz CT molecular complexity index is 1530. The van der Waals surface area contributed by atoms with Crippen molar-refractivity contribution in [2.24, 2.45) is 0 Å². The topological polar surface area (TPSA) is 93.8 Å². The molecule has 0 aliphatic carbocycles. The number of rotatable bonds is 5. The molecule has 0 atom stereocenters. The maximum atomic E-state index is 13.5. The highest BCUT2D eigenvalue weighted by Gasteiger charge is 2.18. The fourth-order valence-electron chi connectivity index (χ4n) is 3.52. The first-order valence-electron chi connectivity index (χ1n) is 9.67. The number of H-pyrrole nitrogens is 1. The zero-order chi connectivity index (χ0) is 22.2. The van der Waals surface area contributed by atoms with Crippen molar-refractivity contribution < 1.29 is 9.31 Å². The molecule has 0 aliphatic heterocycles. The molecular weight excluding hydrogens is 431 g/mol. The summed E-state index contributed by atoms with van der Waals surface area (Å²) in [6.45, 7) is 0. The minimum absolute atomic E-state index is 0.0676. The number of fused-ring (bicyclic) bond motifs is 3. The Morgan fingerprint density at radius 3 is 2.47 bits per heavy atom. The van der Waals surface area contributed by atoms with Gasteiger partial charge in [0.2, 0.25) is 0 Å². The van der Waals surface area contributed by atoms with Gasteiger partial charge >= 0.3 is 0 Å². The number of aromatic nitrogens is 3. The minimum Gasteiger partial charge on any atom is -0.349 e. The van der Waals surface area contributed by atoms with E-state index in [4.69, 9.17) is 4.98 Å². The van der Waals surface area contributed by atoms with E-state index in [9.17, 15) is 19.3 Å². The van der Waals surface area contributed by atoms with E-state index < -0.39 is 4.92 Å². The number of nitro groups is 1. The maximum absolute atomic E-state index is 13.5. The summed E-state index contributed by atoms with van der Waals surface area (Å²) in [5.74, 6) is 0.146. The predicted octanol–water partition coefficient (Wildman–Crippen LogP) is 5.21. The monoisotopic (exact) mass is 446 g/mol. The molecule has 7 nitrogen and oxygen atoms in total.